The number of rotatable bonds is 1. The van der Waals surface area contributed by atoms with Gasteiger partial charge in [0.25, 0.3) is 0 Å². The highest BCUT2D eigenvalue weighted by Crippen LogP contribution is 2.22. The van der Waals surface area contributed by atoms with Crippen molar-refractivity contribution < 1.29 is 4.42 Å². The van der Waals surface area contributed by atoms with Gasteiger partial charge in [-0.25, -0.2) is 0 Å². The second-order valence-electron chi connectivity index (χ2n) is 3.30. The molecule has 71 valence electrons. The number of pyridine rings is 1. The highest BCUT2D eigenvalue weighted by molar-refractivity contribution is 5.81. The number of furan rings is 1. The predicted molar refractivity (Wildman–Crippen MR) is 58.3 cm³/mol. The molecule has 0 aliphatic carbocycles. The van der Waals surface area contributed by atoms with E-state index in [-0.39, 0.29) is 0 Å². The maximum absolute atomic E-state index is 5.33. The second-order valence-corrected chi connectivity index (χ2v) is 3.30. The van der Waals surface area contributed by atoms with Crippen LogP contribution in [-0.4, -0.2) is 4.98 Å². The standard InChI is InChI=1S/C13H8NO/c1-2-7-14-12(3-1)11-5-4-10-6-8-15-13(10)9-11/h1-4,6-9H. The van der Waals surface area contributed by atoms with E-state index in [1.165, 1.54) is 0 Å². The molecule has 3 aromatic rings. The van der Waals surface area contributed by atoms with E-state index in [2.05, 4.69) is 11.1 Å². The van der Waals surface area contributed by atoms with Crippen molar-refractivity contribution in [1.29, 1.82) is 0 Å². The summed E-state index contributed by atoms with van der Waals surface area (Å²) in [4.78, 5) is 4.27. The van der Waals surface area contributed by atoms with E-state index >= 15 is 0 Å². The van der Waals surface area contributed by atoms with Crippen molar-refractivity contribution in [3.8, 4) is 11.3 Å². The Kier molecular flexibility index (Phi) is 1.78. The molecule has 15 heavy (non-hydrogen) atoms. The lowest BCUT2D eigenvalue weighted by Crippen LogP contribution is -1.81. The molecular formula is C13H8NO. The van der Waals surface area contributed by atoms with Gasteiger partial charge in [-0.1, -0.05) is 6.07 Å². The third-order valence-corrected chi connectivity index (χ3v) is 2.33. The Morgan fingerprint density at radius 3 is 3.07 bits per heavy atom. The fourth-order valence-corrected chi connectivity index (χ4v) is 1.57. The van der Waals surface area contributed by atoms with Crippen LogP contribution in [0.15, 0.2) is 53.3 Å². The molecule has 0 bridgehead atoms. The molecular weight excluding hydrogens is 186 g/mol. The first-order valence-corrected chi connectivity index (χ1v) is 4.74. The first-order valence-electron chi connectivity index (χ1n) is 4.74. The second kappa shape index (κ2) is 3.24. The largest absolute Gasteiger partial charge is 0.464 e. The van der Waals surface area contributed by atoms with Crippen LogP contribution >= 0.6 is 0 Å². The zero-order valence-electron chi connectivity index (χ0n) is 7.97. The summed E-state index contributed by atoms with van der Waals surface area (Å²) in [5, 5.41) is 1.06. The van der Waals surface area contributed by atoms with Crippen LogP contribution in [0.3, 0.4) is 0 Å². The Morgan fingerprint density at radius 1 is 1.20 bits per heavy atom. The lowest BCUT2D eigenvalue weighted by atomic mass is 10.1. The number of benzene rings is 1. The van der Waals surface area contributed by atoms with Gasteiger partial charge in [-0.05, 0) is 36.4 Å². The van der Waals surface area contributed by atoms with E-state index in [9.17, 15) is 0 Å². The van der Waals surface area contributed by atoms with Crippen molar-refractivity contribution in [2.75, 3.05) is 0 Å². The van der Waals surface area contributed by atoms with Crippen LogP contribution in [-0.2, 0) is 0 Å². The van der Waals surface area contributed by atoms with E-state index in [0.717, 1.165) is 22.2 Å². The average molecular weight is 194 g/mol. The van der Waals surface area contributed by atoms with Gasteiger partial charge in [0.15, 0.2) is 0 Å². The highest BCUT2D eigenvalue weighted by atomic mass is 16.3. The molecule has 0 aliphatic rings. The molecule has 0 saturated carbocycles. The molecule has 0 fully saturated rings. The Balaban J connectivity index is 2.19. The lowest BCUT2D eigenvalue weighted by molar-refractivity contribution is 0.616. The summed E-state index contributed by atoms with van der Waals surface area (Å²) in [6, 6.07) is 14.8. The molecule has 1 aromatic carbocycles. The molecule has 3 rings (SSSR count). The van der Waals surface area contributed by atoms with Crippen molar-refractivity contribution >= 4 is 11.0 Å². The molecule has 2 nitrogen and oxygen atoms in total. The molecule has 0 saturated heterocycles. The molecule has 0 unspecified atom stereocenters. The van der Waals surface area contributed by atoms with Crippen molar-refractivity contribution in [1.82, 2.24) is 4.98 Å². The van der Waals surface area contributed by atoms with Crippen molar-refractivity contribution in [2.45, 2.75) is 0 Å². The summed E-state index contributed by atoms with van der Waals surface area (Å²) in [6.07, 6.45) is 3.45. The van der Waals surface area contributed by atoms with Crippen molar-refractivity contribution in [3.63, 3.8) is 0 Å². The van der Waals surface area contributed by atoms with Crippen LogP contribution in [0.2, 0.25) is 0 Å². The normalized spacial score (nSPS) is 10.7. The Bertz CT molecular complexity index is 584. The zero-order chi connectivity index (χ0) is 10.1. The smallest absolute Gasteiger partial charge is 0.134 e. The number of nitrogens with zero attached hydrogens (tertiary/aromatic N) is 1. The molecule has 0 aliphatic heterocycles. The first-order chi connectivity index (χ1) is 7.43. The zero-order valence-corrected chi connectivity index (χ0v) is 7.97. The number of fused-ring (bicyclic) bond motifs is 1. The molecule has 0 spiro atoms. The van der Waals surface area contributed by atoms with Crippen LogP contribution in [0, 0.1) is 6.07 Å². The third kappa shape index (κ3) is 1.40. The van der Waals surface area contributed by atoms with Crippen molar-refractivity contribution in [3.05, 3.63) is 54.9 Å². The van der Waals surface area contributed by atoms with E-state index in [1.54, 1.807) is 12.5 Å². The lowest BCUT2D eigenvalue weighted by Gasteiger charge is -1.98. The van der Waals surface area contributed by atoms with Gasteiger partial charge in [-0.15, -0.1) is 0 Å². The van der Waals surface area contributed by atoms with E-state index in [4.69, 9.17) is 4.42 Å². The monoisotopic (exact) mass is 194 g/mol. The first kappa shape index (κ1) is 8.24. The minimum atomic E-state index is 0.870. The molecule has 2 aromatic heterocycles. The molecule has 0 amide bonds. The minimum Gasteiger partial charge on any atom is -0.464 e. The van der Waals surface area contributed by atoms with Gasteiger partial charge >= 0.3 is 0 Å². The minimum absolute atomic E-state index is 0.870. The molecule has 1 radical (unpaired) electrons. The van der Waals surface area contributed by atoms with E-state index in [0.29, 0.717) is 0 Å². The quantitative estimate of drug-likeness (QED) is 0.594. The summed E-state index contributed by atoms with van der Waals surface area (Å²) in [7, 11) is 0. The number of hydrogen-bond acceptors (Lipinski definition) is 2. The molecule has 2 heterocycles. The summed E-state index contributed by atoms with van der Waals surface area (Å²) in [5.74, 6) is 0. The van der Waals surface area contributed by atoms with Gasteiger partial charge in [0.2, 0.25) is 0 Å². The maximum atomic E-state index is 5.33. The van der Waals surface area contributed by atoms with Gasteiger partial charge < -0.3 is 4.42 Å². The van der Waals surface area contributed by atoms with Crippen molar-refractivity contribution in [2.24, 2.45) is 0 Å². The average Bonchev–Trinajstić information content (AvgIpc) is 2.77. The molecule has 0 atom stereocenters. The van der Waals surface area contributed by atoms with E-state index < -0.39 is 0 Å². The van der Waals surface area contributed by atoms with Crippen LogP contribution in [0.4, 0.5) is 0 Å². The highest BCUT2D eigenvalue weighted by Gasteiger charge is 2.01. The van der Waals surface area contributed by atoms with Gasteiger partial charge in [0, 0.05) is 17.1 Å². The Hall–Kier alpha value is -2.09. The third-order valence-electron chi connectivity index (χ3n) is 2.33. The Labute approximate surface area is 87.2 Å². The topological polar surface area (TPSA) is 26.0 Å². The van der Waals surface area contributed by atoms with Crippen LogP contribution in [0.1, 0.15) is 0 Å². The number of hydrogen-bond donors (Lipinski definition) is 0. The van der Waals surface area contributed by atoms with Crippen LogP contribution < -0.4 is 0 Å². The molecule has 2 heteroatoms. The summed E-state index contributed by atoms with van der Waals surface area (Å²) >= 11 is 0. The Morgan fingerprint density at radius 2 is 2.20 bits per heavy atom. The fourth-order valence-electron chi connectivity index (χ4n) is 1.57. The van der Waals surface area contributed by atoms with E-state index in [1.807, 2.05) is 36.4 Å². The van der Waals surface area contributed by atoms with Gasteiger partial charge in [0.05, 0.1) is 12.0 Å². The fraction of sp³-hybridized carbons (Fsp3) is 0. The SMILES string of the molecule is [c]1cc2ccoc2cc1-c1ccccn1. The molecule has 0 N–H and O–H groups in total. The predicted octanol–water partition coefficient (Wildman–Crippen LogP) is 3.29. The summed E-state index contributed by atoms with van der Waals surface area (Å²) in [6.45, 7) is 0. The number of aromatic nitrogens is 1. The van der Waals surface area contributed by atoms with Gasteiger partial charge in [0.1, 0.15) is 5.58 Å². The van der Waals surface area contributed by atoms with Gasteiger partial charge in [-0.2, -0.15) is 0 Å². The van der Waals surface area contributed by atoms with Gasteiger partial charge in [-0.3, -0.25) is 4.98 Å². The van der Waals surface area contributed by atoms with Crippen LogP contribution in [0.25, 0.3) is 22.2 Å². The summed E-state index contributed by atoms with van der Waals surface area (Å²) < 4.78 is 5.33. The maximum Gasteiger partial charge on any atom is 0.134 e. The summed E-state index contributed by atoms with van der Waals surface area (Å²) in [5.41, 5.74) is 2.74. The van der Waals surface area contributed by atoms with Crippen LogP contribution in [0.5, 0.6) is 0 Å².